The second-order valence-corrected chi connectivity index (χ2v) is 5.90. The zero-order valence-electron chi connectivity index (χ0n) is 11.2. The first kappa shape index (κ1) is 16.8. The SMILES string of the molecule is CCOC(=O)C1CCN(S(=O)(=O)NOCC(N)=O)CC1. The molecule has 0 aromatic carbocycles. The van der Waals surface area contributed by atoms with E-state index in [9.17, 15) is 18.0 Å². The van der Waals surface area contributed by atoms with E-state index in [1.807, 2.05) is 4.89 Å². The van der Waals surface area contributed by atoms with Crippen LogP contribution in [0.25, 0.3) is 0 Å². The number of nitrogens with one attached hydrogen (secondary N) is 1. The quantitative estimate of drug-likeness (QED) is 0.436. The van der Waals surface area contributed by atoms with Gasteiger partial charge in [-0.15, -0.1) is 0 Å². The predicted molar refractivity (Wildman–Crippen MR) is 68.1 cm³/mol. The van der Waals surface area contributed by atoms with E-state index in [0.29, 0.717) is 19.4 Å². The van der Waals surface area contributed by atoms with Crippen molar-refractivity contribution in [1.82, 2.24) is 9.19 Å². The summed E-state index contributed by atoms with van der Waals surface area (Å²) >= 11 is 0. The number of ether oxygens (including phenoxy) is 1. The number of hydrogen-bond acceptors (Lipinski definition) is 6. The van der Waals surface area contributed by atoms with Gasteiger partial charge in [0.05, 0.1) is 12.5 Å². The van der Waals surface area contributed by atoms with E-state index >= 15 is 0 Å². The van der Waals surface area contributed by atoms with Crippen molar-refractivity contribution in [3.05, 3.63) is 0 Å². The van der Waals surface area contributed by atoms with Crippen LogP contribution in [0, 0.1) is 5.92 Å². The average Bonchev–Trinajstić information content (AvgIpc) is 2.38. The van der Waals surface area contributed by atoms with Crippen LogP contribution in [0.1, 0.15) is 19.8 Å². The van der Waals surface area contributed by atoms with Crippen LogP contribution in [0.15, 0.2) is 0 Å². The van der Waals surface area contributed by atoms with Crippen molar-refractivity contribution in [2.75, 3.05) is 26.3 Å². The third kappa shape index (κ3) is 5.04. The third-order valence-corrected chi connectivity index (χ3v) is 4.17. The summed E-state index contributed by atoms with van der Waals surface area (Å²) in [5.41, 5.74) is 4.82. The minimum Gasteiger partial charge on any atom is -0.466 e. The van der Waals surface area contributed by atoms with E-state index in [1.54, 1.807) is 6.92 Å². The van der Waals surface area contributed by atoms with Crippen LogP contribution >= 0.6 is 0 Å². The van der Waals surface area contributed by atoms with Gasteiger partial charge in [0.25, 0.3) is 0 Å². The van der Waals surface area contributed by atoms with Crippen LogP contribution < -0.4 is 10.6 Å². The Hall–Kier alpha value is -1.23. The molecule has 0 atom stereocenters. The van der Waals surface area contributed by atoms with Crippen LogP contribution in [0.3, 0.4) is 0 Å². The summed E-state index contributed by atoms with van der Waals surface area (Å²) < 4.78 is 29.6. The lowest BCUT2D eigenvalue weighted by Gasteiger charge is -2.29. The summed E-state index contributed by atoms with van der Waals surface area (Å²) in [7, 11) is -3.84. The molecule has 9 nitrogen and oxygen atoms in total. The number of esters is 1. The van der Waals surface area contributed by atoms with Crippen molar-refractivity contribution in [3.63, 3.8) is 0 Å². The largest absolute Gasteiger partial charge is 0.466 e. The fraction of sp³-hybridized carbons (Fsp3) is 0.800. The first-order valence-corrected chi connectivity index (χ1v) is 7.64. The summed E-state index contributed by atoms with van der Waals surface area (Å²) in [6.07, 6.45) is 0.769. The van der Waals surface area contributed by atoms with Gasteiger partial charge in [-0.2, -0.15) is 12.7 Å². The molecular weight excluding hydrogens is 290 g/mol. The fourth-order valence-corrected chi connectivity index (χ4v) is 2.82. The van der Waals surface area contributed by atoms with Gasteiger partial charge in [-0.05, 0) is 19.8 Å². The third-order valence-electron chi connectivity index (χ3n) is 2.79. The summed E-state index contributed by atoms with van der Waals surface area (Å²) in [6, 6.07) is 0. The summed E-state index contributed by atoms with van der Waals surface area (Å²) in [4.78, 5) is 28.2. The summed E-state index contributed by atoms with van der Waals surface area (Å²) in [5.74, 6) is -1.37. The molecule has 0 aromatic rings. The zero-order valence-corrected chi connectivity index (χ0v) is 12.0. The molecule has 1 aliphatic rings. The average molecular weight is 309 g/mol. The van der Waals surface area contributed by atoms with Gasteiger partial charge in [-0.1, -0.05) is 4.89 Å². The molecule has 3 N–H and O–H groups in total. The van der Waals surface area contributed by atoms with Crippen molar-refractivity contribution in [1.29, 1.82) is 0 Å². The highest BCUT2D eigenvalue weighted by atomic mass is 32.2. The van der Waals surface area contributed by atoms with E-state index in [0.717, 1.165) is 4.31 Å². The van der Waals surface area contributed by atoms with Crippen LogP contribution in [-0.4, -0.2) is 50.9 Å². The number of amides is 1. The Morgan fingerprint density at radius 3 is 2.45 bits per heavy atom. The molecule has 0 radical (unpaired) electrons. The van der Waals surface area contributed by atoms with Gasteiger partial charge in [0.15, 0.2) is 0 Å². The summed E-state index contributed by atoms with van der Waals surface area (Å²) in [6.45, 7) is 1.84. The second kappa shape index (κ2) is 7.53. The molecule has 1 fully saturated rings. The molecule has 0 unspecified atom stereocenters. The van der Waals surface area contributed by atoms with E-state index in [-0.39, 0.29) is 25.0 Å². The van der Waals surface area contributed by atoms with Crippen LogP contribution in [-0.2, 0) is 29.4 Å². The topological polar surface area (TPSA) is 128 Å². The maximum atomic E-state index is 11.8. The molecule has 1 amide bonds. The maximum Gasteiger partial charge on any atom is 0.309 e. The first-order valence-electron chi connectivity index (χ1n) is 6.20. The number of nitrogens with two attached hydrogens (primary N) is 1. The van der Waals surface area contributed by atoms with E-state index in [2.05, 4.69) is 4.84 Å². The van der Waals surface area contributed by atoms with Crippen molar-refractivity contribution < 1.29 is 27.6 Å². The zero-order chi connectivity index (χ0) is 15.2. The molecule has 10 heteroatoms. The van der Waals surface area contributed by atoms with Gasteiger partial charge in [0.2, 0.25) is 5.91 Å². The molecule has 1 heterocycles. The predicted octanol–water partition coefficient (Wildman–Crippen LogP) is -1.49. The lowest BCUT2D eigenvalue weighted by molar-refractivity contribution is -0.149. The number of primary amides is 1. The first-order chi connectivity index (χ1) is 9.36. The number of piperidine rings is 1. The Morgan fingerprint density at radius 2 is 1.95 bits per heavy atom. The normalized spacial score (nSPS) is 17.9. The minimum absolute atomic E-state index is 0.179. The Labute approximate surface area is 117 Å². The van der Waals surface area contributed by atoms with Gasteiger partial charge >= 0.3 is 16.2 Å². The number of carbonyl (C=O) groups is 2. The maximum absolute atomic E-state index is 11.8. The minimum atomic E-state index is -3.84. The highest BCUT2D eigenvalue weighted by Gasteiger charge is 2.31. The van der Waals surface area contributed by atoms with Crippen molar-refractivity contribution in [2.45, 2.75) is 19.8 Å². The number of nitrogens with zero attached hydrogens (tertiary/aromatic N) is 1. The van der Waals surface area contributed by atoms with Crippen LogP contribution in [0.5, 0.6) is 0 Å². The number of carbonyl (C=O) groups excluding carboxylic acids is 2. The molecule has 1 rings (SSSR count). The van der Waals surface area contributed by atoms with E-state index in [4.69, 9.17) is 10.5 Å². The Kier molecular flexibility index (Phi) is 6.33. The molecule has 1 aliphatic heterocycles. The van der Waals surface area contributed by atoms with Crippen LogP contribution in [0.4, 0.5) is 0 Å². The molecule has 0 saturated carbocycles. The molecule has 0 spiro atoms. The fourth-order valence-electron chi connectivity index (χ4n) is 1.82. The Balaban J connectivity index is 2.43. The standard InChI is InChI=1S/C10H19N3O6S/c1-2-18-10(15)8-3-5-13(6-4-8)20(16,17)12-19-7-9(11)14/h8,12H,2-7H2,1H3,(H2,11,14). The molecule has 116 valence electrons. The van der Waals surface area contributed by atoms with Crippen molar-refractivity contribution >= 4 is 22.1 Å². The number of rotatable bonds is 7. The van der Waals surface area contributed by atoms with Gasteiger partial charge < -0.3 is 10.5 Å². The van der Waals surface area contributed by atoms with Gasteiger partial charge in [-0.25, -0.2) is 0 Å². The van der Waals surface area contributed by atoms with Gasteiger partial charge in [0.1, 0.15) is 6.61 Å². The smallest absolute Gasteiger partial charge is 0.309 e. The molecule has 0 aromatic heterocycles. The van der Waals surface area contributed by atoms with Crippen LogP contribution in [0.2, 0.25) is 0 Å². The molecule has 20 heavy (non-hydrogen) atoms. The highest BCUT2D eigenvalue weighted by molar-refractivity contribution is 7.87. The van der Waals surface area contributed by atoms with Crippen molar-refractivity contribution in [2.24, 2.45) is 11.7 Å². The summed E-state index contributed by atoms with van der Waals surface area (Å²) in [5, 5.41) is 0. The molecular formula is C10H19N3O6S. The highest BCUT2D eigenvalue weighted by Crippen LogP contribution is 2.20. The van der Waals surface area contributed by atoms with E-state index < -0.39 is 22.7 Å². The molecule has 0 aliphatic carbocycles. The lowest BCUT2D eigenvalue weighted by Crippen LogP contribution is -2.46. The number of hydrogen-bond donors (Lipinski definition) is 2. The lowest BCUT2D eigenvalue weighted by atomic mass is 9.98. The van der Waals surface area contributed by atoms with Gasteiger partial charge in [0, 0.05) is 13.1 Å². The second-order valence-electron chi connectivity index (χ2n) is 4.27. The van der Waals surface area contributed by atoms with E-state index in [1.165, 1.54) is 0 Å². The molecule has 1 saturated heterocycles. The van der Waals surface area contributed by atoms with Crippen molar-refractivity contribution in [3.8, 4) is 0 Å². The Bertz CT molecular complexity index is 444. The van der Waals surface area contributed by atoms with Gasteiger partial charge in [-0.3, -0.25) is 14.4 Å². The monoisotopic (exact) mass is 309 g/mol. The Morgan fingerprint density at radius 1 is 1.35 bits per heavy atom. The molecule has 0 bridgehead atoms.